The summed E-state index contributed by atoms with van der Waals surface area (Å²) in [6, 6.07) is 17.6. The van der Waals surface area contributed by atoms with Crippen LogP contribution in [0.3, 0.4) is 0 Å². The molecule has 0 fully saturated rings. The third-order valence-electron chi connectivity index (χ3n) is 5.02. The van der Waals surface area contributed by atoms with Crippen LogP contribution in [0.5, 0.6) is 0 Å². The SMILES string of the molecule is O=S(=O)(NCc1cc(-c2ccc(Cl)cc2)c(-c2ccc(Cl)cc2Cl)s1)c1cccc(C(F)(F)F)c1. The molecule has 1 aromatic heterocycles. The topological polar surface area (TPSA) is 46.2 Å². The Morgan fingerprint density at radius 3 is 2.17 bits per heavy atom. The van der Waals surface area contributed by atoms with E-state index in [1.807, 2.05) is 18.2 Å². The largest absolute Gasteiger partial charge is 0.416 e. The molecule has 0 spiro atoms. The molecule has 0 aliphatic carbocycles. The van der Waals surface area contributed by atoms with Crippen LogP contribution >= 0.6 is 46.1 Å². The molecule has 0 bridgehead atoms. The Kier molecular flexibility index (Phi) is 7.52. The summed E-state index contributed by atoms with van der Waals surface area (Å²) in [5, 5.41) is 1.45. The van der Waals surface area contributed by atoms with Gasteiger partial charge in [0, 0.05) is 37.5 Å². The van der Waals surface area contributed by atoms with E-state index < -0.39 is 26.7 Å². The van der Waals surface area contributed by atoms with Crippen molar-refractivity contribution in [3.8, 4) is 21.6 Å². The minimum Gasteiger partial charge on any atom is -0.207 e. The molecule has 1 N–H and O–H groups in total. The van der Waals surface area contributed by atoms with Crippen LogP contribution < -0.4 is 4.72 Å². The van der Waals surface area contributed by atoms with Crippen LogP contribution in [0.25, 0.3) is 21.6 Å². The van der Waals surface area contributed by atoms with Crippen molar-refractivity contribution in [1.29, 1.82) is 0 Å². The normalized spacial score (nSPS) is 12.2. The van der Waals surface area contributed by atoms with Crippen LogP contribution in [0.15, 0.2) is 77.7 Å². The first kappa shape index (κ1) is 26.0. The summed E-state index contributed by atoms with van der Waals surface area (Å²) in [5.41, 5.74) is 1.29. The second kappa shape index (κ2) is 10.1. The van der Waals surface area contributed by atoms with Crippen molar-refractivity contribution in [2.75, 3.05) is 0 Å². The molecule has 11 heteroatoms. The second-order valence-corrected chi connectivity index (χ2v) is 11.6. The Labute approximate surface area is 219 Å². The first-order valence-electron chi connectivity index (χ1n) is 9.95. The Morgan fingerprint density at radius 2 is 1.51 bits per heavy atom. The van der Waals surface area contributed by atoms with Gasteiger partial charge in [-0.3, -0.25) is 0 Å². The van der Waals surface area contributed by atoms with Gasteiger partial charge in [0.05, 0.1) is 15.5 Å². The quantitative estimate of drug-likeness (QED) is 0.250. The molecule has 35 heavy (non-hydrogen) atoms. The number of sulfonamides is 1. The van der Waals surface area contributed by atoms with Gasteiger partial charge in [-0.05, 0) is 54.1 Å². The van der Waals surface area contributed by atoms with Crippen molar-refractivity contribution < 1.29 is 21.6 Å². The van der Waals surface area contributed by atoms with E-state index >= 15 is 0 Å². The molecular formula is C24H15Cl3F3NO2S2. The zero-order valence-electron chi connectivity index (χ0n) is 17.5. The standard InChI is InChI=1S/C24H15Cl3F3NO2S2/c25-16-6-4-14(5-7-16)21-12-18(34-23(21)20-9-8-17(26)11-22(20)27)13-31-35(32,33)19-3-1-2-15(10-19)24(28,29)30/h1-12,31H,13H2. The van der Waals surface area contributed by atoms with E-state index in [2.05, 4.69) is 4.72 Å². The smallest absolute Gasteiger partial charge is 0.207 e. The van der Waals surface area contributed by atoms with Crippen molar-refractivity contribution in [2.45, 2.75) is 17.6 Å². The molecule has 1 heterocycles. The van der Waals surface area contributed by atoms with E-state index in [0.29, 0.717) is 31.6 Å². The molecule has 3 nitrogen and oxygen atoms in total. The van der Waals surface area contributed by atoms with E-state index in [-0.39, 0.29) is 6.54 Å². The zero-order valence-corrected chi connectivity index (χ0v) is 21.4. The molecule has 4 aromatic rings. The van der Waals surface area contributed by atoms with Gasteiger partial charge in [-0.2, -0.15) is 13.2 Å². The predicted octanol–water partition coefficient (Wildman–Crippen LogP) is 8.54. The Balaban J connectivity index is 1.69. The van der Waals surface area contributed by atoms with Crippen LogP contribution in [0.4, 0.5) is 13.2 Å². The molecule has 0 atom stereocenters. The summed E-state index contributed by atoms with van der Waals surface area (Å²) in [6.07, 6.45) is -4.65. The minimum absolute atomic E-state index is 0.130. The maximum Gasteiger partial charge on any atom is 0.416 e. The van der Waals surface area contributed by atoms with Crippen molar-refractivity contribution in [3.05, 3.63) is 98.3 Å². The van der Waals surface area contributed by atoms with Crippen LogP contribution in [-0.2, 0) is 22.7 Å². The highest BCUT2D eigenvalue weighted by molar-refractivity contribution is 7.89. The highest BCUT2D eigenvalue weighted by atomic mass is 35.5. The zero-order chi connectivity index (χ0) is 25.4. The van der Waals surface area contributed by atoms with E-state index in [4.69, 9.17) is 34.8 Å². The summed E-state index contributed by atoms with van der Waals surface area (Å²) >= 11 is 19.8. The molecule has 0 amide bonds. The van der Waals surface area contributed by atoms with Crippen LogP contribution in [0, 0.1) is 0 Å². The molecule has 0 unspecified atom stereocenters. The van der Waals surface area contributed by atoms with Gasteiger partial charge in [0.25, 0.3) is 0 Å². The van der Waals surface area contributed by atoms with Gasteiger partial charge < -0.3 is 0 Å². The third-order valence-corrected chi connectivity index (χ3v) is 8.39. The maximum absolute atomic E-state index is 13.0. The highest BCUT2D eigenvalue weighted by Crippen LogP contribution is 2.43. The van der Waals surface area contributed by atoms with Crippen molar-refractivity contribution in [1.82, 2.24) is 4.72 Å². The lowest BCUT2D eigenvalue weighted by atomic mass is 10.0. The summed E-state index contributed by atoms with van der Waals surface area (Å²) < 4.78 is 66.9. The summed E-state index contributed by atoms with van der Waals surface area (Å²) in [7, 11) is -4.20. The van der Waals surface area contributed by atoms with Gasteiger partial charge in [-0.1, -0.05) is 59.1 Å². The van der Waals surface area contributed by atoms with Crippen molar-refractivity contribution in [3.63, 3.8) is 0 Å². The third kappa shape index (κ3) is 6.02. The van der Waals surface area contributed by atoms with Gasteiger partial charge >= 0.3 is 6.18 Å². The molecule has 3 aromatic carbocycles. The molecule has 0 saturated heterocycles. The number of nitrogens with one attached hydrogen (secondary N) is 1. The van der Waals surface area contributed by atoms with Crippen LogP contribution in [0.1, 0.15) is 10.4 Å². The number of thiophene rings is 1. The predicted molar refractivity (Wildman–Crippen MR) is 136 cm³/mol. The van der Waals surface area contributed by atoms with Crippen LogP contribution in [-0.4, -0.2) is 8.42 Å². The lowest BCUT2D eigenvalue weighted by Gasteiger charge is -2.10. The lowest BCUT2D eigenvalue weighted by Crippen LogP contribution is -2.23. The average Bonchev–Trinajstić information content (AvgIpc) is 3.22. The van der Waals surface area contributed by atoms with Gasteiger partial charge in [-0.25, -0.2) is 13.1 Å². The molecule has 0 aliphatic heterocycles. The molecule has 0 radical (unpaired) electrons. The summed E-state index contributed by atoms with van der Waals surface area (Å²) in [5.74, 6) is 0. The molecule has 182 valence electrons. The van der Waals surface area contributed by atoms with Crippen molar-refractivity contribution in [2.24, 2.45) is 0 Å². The summed E-state index contributed by atoms with van der Waals surface area (Å²) in [6.45, 7) is -0.130. The average molecular weight is 577 g/mol. The Hall–Kier alpha value is -2.07. The number of rotatable bonds is 6. The highest BCUT2D eigenvalue weighted by Gasteiger charge is 2.31. The Bertz CT molecular complexity index is 1480. The summed E-state index contributed by atoms with van der Waals surface area (Å²) in [4.78, 5) is 0.941. The number of hydrogen-bond acceptors (Lipinski definition) is 3. The molecular weight excluding hydrogens is 562 g/mol. The first-order valence-corrected chi connectivity index (χ1v) is 13.4. The number of halogens is 6. The van der Waals surface area contributed by atoms with Crippen LogP contribution in [0.2, 0.25) is 15.1 Å². The van der Waals surface area contributed by atoms with E-state index in [0.717, 1.165) is 34.2 Å². The van der Waals surface area contributed by atoms with Crippen molar-refractivity contribution >= 4 is 56.2 Å². The fourth-order valence-corrected chi connectivity index (χ4v) is 6.32. The Morgan fingerprint density at radius 1 is 0.829 bits per heavy atom. The lowest BCUT2D eigenvalue weighted by molar-refractivity contribution is -0.137. The minimum atomic E-state index is -4.65. The number of hydrogen-bond donors (Lipinski definition) is 1. The first-order chi connectivity index (χ1) is 16.4. The van der Waals surface area contributed by atoms with E-state index in [1.54, 1.807) is 30.3 Å². The van der Waals surface area contributed by atoms with Gasteiger partial charge in [0.1, 0.15) is 0 Å². The number of alkyl halides is 3. The van der Waals surface area contributed by atoms with Gasteiger partial charge in [0.2, 0.25) is 10.0 Å². The van der Waals surface area contributed by atoms with E-state index in [1.165, 1.54) is 11.3 Å². The van der Waals surface area contributed by atoms with Gasteiger partial charge in [0.15, 0.2) is 0 Å². The molecule has 0 saturated carbocycles. The maximum atomic E-state index is 13.0. The second-order valence-electron chi connectivity index (χ2n) is 7.44. The van der Waals surface area contributed by atoms with Gasteiger partial charge in [-0.15, -0.1) is 11.3 Å². The monoisotopic (exact) mass is 575 g/mol. The fourth-order valence-electron chi connectivity index (χ4n) is 3.34. The van der Waals surface area contributed by atoms with E-state index in [9.17, 15) is 21.6 Å². The molecule has 4 rings (SSSR count). The fraction of sp³-hybridized carbons (Fsp3) is 0.0833. The number of benzene rings is 3. The molecule has 0 aliphatic rings.